The first kappa shape index (κ1) is 14.4. The molecule has 1 aliphatic rings. The number of nitrogens with one attached hydrogen (secondary N) is 1. The fourth-order valence-corrected chi connectivity index (χ4v) is 3.18. The Morgan fingerprint density at radius 2 is 1.84 bits per heavy atom. The van der Waals surface area contributed by atoms with Crippen LogP contribution in [-0.4, -0.2) is 19.3 Å². The summed E-state index contributed by atoms with van der Waals surface area (Å²) >= 11 is 0. The third-order valence-corrected chi connectivity index (χ3v) is 4.31. The summed E-state index contributed by atoms with van der Waals surface area (Å²) in [5.41, 5.74) is 0.505. The van der Waals surface area contributed by atoms with Crippen LogP contribution in [0.2, 0.25) is 0 Å². The van der Waals surface area contributed by atoms with Crippen LogP contribution in [-0.2, 0) is 4.74 Å². The summed E-state index contributed by atoms with van der Waals surface area (Å²) < 4.78 is 32.8. The van der Waals surface area contributed by atoms with Crippen LogP contribution in [0.1, 0.15) is 32.4 Å². The summed E-state index contributed by atoms with van der Waals surface area (Å²) in [7, 11) is 1.80. The van der Waals surface area contributed by atoms with Gasteiger partial charge >= 0.3 is 0 Å². The van der Waals surface area contributed by atoms with Crippen LogP contribution in [0.3, 0.4) is 0 Å². The summed E-state index contributed by atoms with van der Waals surface area (Å²) in [4.78, 5) is 0. The molecule has 4 heteroatoms. The predicted octanol–water partition coefficient (Wildman–Crippen LogP) is 3.28. The van der Waals surface area contributed by atoms with Crippen LogP contribution in [0.4, 0.5) is 8.78 Å². The first-order valence-corrected chi connectivity index (χ1v) is 6.73. The monoisotopic (exact) mass is 269 g/mol. The van der Waals surface area contributed by atoms with Crippen LogP contribution in [0.25, 0.3) is 0 Å². The average molecular weight is 269 g/mol. The number of halogens is 2. The minimum absolute atomic E-state index is 0.0481. The van der Waals surface area contributed by atoms with Gasteiger partial charge in [0, 0.05) is 23.6 Å². The topological polar surface area (TPSA) is 21.3 Å². The van der Waals surface area contributed by atoms with E-state index in [1.54, 1.807) is 7.05 Å². The normalized spacial score (nSPS) is 32.5. The number of benzene rings is 1. The van der Waals surface area contributed by atoms with Gasteiger partial charge in [-0.3, -0.25) is 0 Å². The van der Waals surface area contributed by atoms with Gasteiger partial charge in [-0.25, -0.2) is 8.78 Å². The maximum absolute atomic E-state index is 14.0. The predicted molar refractivity (Wildman–Crippen MR) is 70.8 cm³/mol. The molecule has 2 rings (SSSR count). The lowest BCUT2D eigenvalue weighted by Gasteiger charge is -2.29. The van der Waals surface area contributed by atoms with Gasteiger partial charge in [-0.05, 0) is 32.9 Å². The van der Waals surface area contributed by atoms with E-state index in [-0.39, 0.29) is 24.2 Å². The molecule has 1 heterocycles. The molecule has 0 aliphatic carbocycles. The molecule has 0 saturated carbocycles. The molecule has 0 spiro atoms. The molecular weight excluding hydrogens is 248 g/mol. The van der Waals surface area contributed by atoms with Crippen molar-refractivity contribution in [3.05, 3.63) is 35.4 Å². The molecule has 5 atom stereocenters. The SMILES string of the molecule is CNC(c1ccc(F)cc1F)C1C(C)OC(C)C1C. The van der Waals surface area contributed by atoms with Crippen molar-refractivity contribution < 1.29 is 13.5 Å². The van der Waals surface area contributed by atoms with Crippen molar-refractivity contribution in [2.24, 2.45) is 11.8 Å². The van der Waals surface area contributed by atoms with Crippen LogP contribution < -0.4 is 5.32 Å². The van der Waals surface area contributed by atoms with Crippen molar-refractivity contribution in [2.75, 3.05) is 7.05 Å². The van der Waals surface area contributed by atoms with Gasteiger partial charge in [-0.2, -0.15) is 0 Å². The van der Waals surface area contributed by atoms with Crippen LogP contribution in [0.5, 0.6) is 0 Å². The third-order valence-electron chi connectivity index (χ3n) is 4.31. The van der Waals surface area contributed by atoms with Gasteiger partial charge < -0.3 is 10.1 Å². The molecule has 1 aromatic rings. The van der Waals surface area contributed by atoms with E-state index in [1.807, 2.05) is 13.8 Å². The minimum atomic E-state index is -0.548. The van der Waals surface area contributed by atoms with Gasteiger partial charge in [0.1, 0.15) is 11.6 Å². The minimum Gasteiger partial charge on any atom is -0.375 e. The van der Waals surface area contributed by atoms with Gasteiger partial charge in [0.2, 0.25) is 0 Å². The molecule has 1 saturated heterocycles. The van der Waals surface area contributed by atoms with Gasteiger partial charge in [0.15, 0.2) is 0 Å². The first-order chi connectivity index (χ1) is 8.95. The fourth-order valence-electron chi connectivity index (χ4n) is 3.18. The molecule has 0 radical (unpaired) electrons. The zero-order valence-corrected chi connectivity index (χ0v) is 11.8. The van der Waals surface area contributed by atoms with Crippen molar-refractivity contribution in [3.8, 4) is 0 Å². The lowest BCUT2D eigenvalue weighted by molar-refractivity contribution is 0.0477. The number of rotatable bonds is 3. The van der Waals surface area contributed by atoms with E-state index in [4.69, 9.17) is 4.74 Å². The molecular formula is C15H21F2NO. The summed E-state index contributed by atoms with van der Waals surface area (Å²) in [5.74, 6) is -0.566. The fraction of sp³-hybridized carbons (Fsp3) is 0.600. The van der Waals surface area contributed by atoms with E-state index >= 15 is 0 Å². The Morgan fingerprint density at radius 3 is 2.32 bits per heavy atom. The molecule has 0 amide bonds. The highest BCUT2D eigenvalue weighted by atomic mass is 19.1. The number of ether oxygens (including phenoxy) is 1. The lowest BCUT2D eigenvalue weighted by atomic mass is 9.80. The number of hydrogen-bond acceptors (Lipinski definition) is 2. The second-order valence-corrected chi connectivity index (χ2v) is 5.41. The summed E-state index contributed by atoms with van der Waals surface area (Å²) in [6, 6.07) is 3.59. The van der Waals surface area contributed by atoms with Crippen LogP contribution in [0.15, 0.2) is 18.2 Å². The van der Waals surface area contributed by atoms with E-state index in [0.29, 0.717) is 11.5 Å². The molecule has 0 bridgehead atoms. The Morgan fingerprint density at radius 1 is 1.16 bits per heavy atom. The quantitative estimate of drug-likeness (QED) is 0.909. The molecule has 1 aliphatic heterocycles. The average Bonchev–Trinajstić information content (AvgIpc) is 2.59. The van der Waals surface area contributed by atoms with Gasteiger partial charge in [0.25, 0.3) is 0 Å². The Labute approximate surface area is 113 Å². The maximum atomic E-state index is 14.0. The van der Waals surface area contributed by atoms with Gasteiger partial charge in [-0.15, -0.1) is 0 Å². The van der Waals surface area contributed by atoms with E-state index in [9.17, 15) is 8.78 Å². The van der Waals surface area contributed by atoms with Crippen LogP contribution in [0, 0.1) is 23.5 Å². The van der Waals surface area contributed by atoms with Gasteiger partial charge in [-0.1, -0.05) is 13.0 Å². The van der Waals surface area contributed by atoms with Crippen molar-refractivity contribution in [2.45, 2.75) is 39.0 Å². The second kappa shape index (κ2) is 5.55. The Hall–Kier alpha value is -1.00. The molecule has 1 aromatic carbocycles. The van der Waals surface area contributed by atoms with Gasteiger partial charge in [0.05, 0.1) is 12.2 Å². The molecule has 2 nitrogen and oxygen atoms in total. The summed E-state index contributed by atoms with van der Waals surface area (Å²) in [6.45, 7) is 6.16. The lowest BCUT2D eigenvalue weighted by Crippen LogP contribution is -2.33. The summed E-state index contributed by atoms with van der Waals surface area (Å²) in [6.07, 6.45) is 0.200. The Kier molecular flexibility index (Phi) is 4.21. The zero-order chi connectivity index (χ0) is 14.2. The largest absolute Gasteiger partial charge is 0.375 e. The molecule has 19 heavy (non-hydrogen) atoms. The Balaban J connectivity index is 2.34. The molecule has 0 aromatic heterocycles. The maximum Gasteiger partial charge on any atom is 0.130 e. The van der Waals surface area contributed by atoms with Crippen molar-refractivity contribution in [1.82, 2.24) is 5.32 Å². The third kappa shape index (κ3) is 2.65. The van der Waals surface area contributed by atoms with Crippen LogP contribution >= 0.6 is 0 Å². The van der Waals surface area contributed by atoms with E-state index in [0.717, 1.165) is 6.07 Å². The highest BCUT2D eigenvalue weighted by Crippen LogP contribution is 2.41. The molecule has 1 N–H and O–H groups in total. The van der Waals surface area contributed by atoms with E-state index in [2.05, 4.69) is 12.2 Å². The van der Waals surface area contributed by atoms with Crippen molar-refractivity contribution >= 4 is 0 Å². The highest BCUT2D eigenvalue weighted by molar-refractivity contribution is 5.24. The Bertz CT molecular complexity index is 452. The zero-order valence-electron chi connectivity index (χ0n) is 11.8. The second-order valence-electron chi connectivity index (χ2n) is 5.41. The molecule has 106 valence electrons. The van der Waals surface area contributed by atoms with E-state index < -0.39 is 11.6 Å². The van der Waals surface area contributed by atoms with E-state index in [1.165, 1.54) is 12.1 Å². The molecule has 5 unspecified atom stereocenters. The van der Waals surface area contributed by atoms with Crippen molar-refractivity contribution in [3.63, 3.8) is 0 Å². The number of hydrogen-bond donors (Lipinski definition) is 1. The van der Waals surface area contributed by atoms with Crippen molar-refractivity contribution in [1.29, 1.82) is 0 Å². The molecule has 1 fully saturated rings. The smallest absolute Gasteiger partial charge is 0.130 e. The standard InChI is InChI=1S/C15H21F2NO/c1-8-9(2)19-10(3)14(8)15(18-4)12-6-5-11(16)7-13(12)17/h5-10,14-15,18H,1-4H3. The first-order valence-electron chi connectivity index (χ1n) is 6.73. The summed E-state index contributed by atoms with van der Waals surface area (Å²) in [5, 5.41) is 3.16. The highest BCUT2D eigenvalue weighted by Gasteiger charge is 2.42.